The van der Waals surface area contributed by atoms with Gasteiger partial charge in [-0.1, -0.05) is 278 Å². The molecule has 89 heavy (non-hydrogen) atoms. The molecule has 2 unspecified atom stereocenters. The summed E-state index contributed by atoms with van der Waals surface area (Å²) in [5.74, 6) is -0.696. The number of rotatable bonds is 67. The summed E-state index contributed by atoms with van der Waals surface area (Å²) in [4.78, 5) is 72.3. The topological polar surface area (TPSA) is 237 Å². The highest BCUT2D eigenvalue weighted by atomic mass is 31.2. The summed E-state index contributed by atoms with van der Waals surface area (Å²) in [7, 11) is -9.90. The Balaban J connectivity index is 5.22. The molecule has 0 bridgehead atoms. The fourth-order valence-electron chi connectivity index (χ4n) is 10.1. The van der Waals surface area contributed by atoms with Crippen LogP contribution in [0.3, 0.4) is 0 Å². The molecule has 0 saturated heterocycles. The average molecular weight is 1310 g/mol. The molecule has 0 aromatic rings. The quantitative estimate of drug-likeness (QED) is 0.0169. The minimum atomic E-state index is -4.96. The molecule has 3 N–H and O–H groups in total. The van der Waals surface area contributed by atoms with Crippen molar-refractivity contribution in [2.75, 3.05) is 39.6 Å². The number of ether oxygens (including phenoxy) is 4. The standard InChI is InChI=1S/C70H132O17P2/c1-7-9-11-13-15-16-17-18-20-24-27-30-34-41-47-53-68(73)81-59-65(86-69(74)54-48-42-35-31-28-25-22-19-21-23-26-29-33-38-44-50-62(3)4)60-84-88(76,77)82-56-64(71)57-83-89(78,79)85-61-66(58-80-67(72)52-46-40-32-14-12-10-8-2)87-70(75)55-49-43-37-36-39-45-51-63(5)6/h16-18,20,62-66,71H,7-15,19,21-61H2,1-6H3,(H,76,77)(H,78,79)/b17-16-,20-18-/t64-,65-,66-/m1/s1. The summed E-state index contributed by atoms with van der Waals surface area (Å²) >= 11 is 0. The first-order valence-electron chi connectivity index (χ1n) is 35.8. The molecule has 0 rings (SSSR count). The molecule has 17 nitrogen and oxygen atoms in total. The number of aliphatic hydroxyl groups excluding tert-OH is 1. The number of phosphoric ester groups is 2. The molecule has 0 aromatic heterocycles. The zero-order valence-electron chi connectivity index (χ0n) is 57.2. The third-order valence-electron chi connectivity index (χ3n) is 15.6. The van der Waals surface area contributed by atoms with Crippen LogP contribution in [0.4, 0.5) is 0 Å². The van der Waals surface area contributed by atoms with Gasteiger partial charge in [0, 0.05) is 25.7 Å². The van der Waals surface area contributed by atoms with Crippen LogP contribution in [0.1, 0.15) is 330 Å². The largest absolute Gasteiger partial charge is 0.472 e. The van der Waals surface area contributed by atoms with Gasteiger partial charge in [-0.2, -0.15) is 0 Å². The van der Waals surface area contributed by atoms with Crippen molar-refractivity contribution >= 4 is 39.5 Å². The lowest BCUT2D eigenvalue weighted by atomic mass is 10.0. The maximum absolute atomic E-state index is 13.0. The fourth-order valence-corrected chi connectivity index (χ4v) is 11.6. The molecule has 19 heteroatoms. The van der Waals surface area contributed by atoms with Gasteiger partial charge in [0.15, 0.2) is 12.2 Å². The van der Waals surface area contributed by atoms with Gasteiger partial charge in [0.1, 0.15) is 19.3 Å². The van der Waals surface area contributed by atoms with Gasteiger partial charge in [0.2, 0.25) is 0 Å². The Hall–Kier alpha value is -2.46. The molecular formula is C70H132O17P2. The van der Waals surface area contributed by atoms with Crippen LogP contribution < -0.4 is 0 Å². The molecule has 0 saturated carbocycles. The van der Waals surface area contributed by atoms with Crippen LogP contribution in [0.25, 0.3) is 0 Å². The van der Waals surface area contributed by atoms with Gasteiger partial charge < -0.3 is 33.8 Å². The summed E-state index contributed by atoms with van der Waals surface area (Å²) in [6, 6.07) is 0. The van der Waals surface area contributed by atoms with Gasteiger partial charge in [0.25, 0.3) is 0 Å². The molecule has 0 heterocycles. The van der Waals surface area contributed by atoms with Crippen molar-refractivity contribution in [3.8, 4) is 0 Å². The summed E-state index contributed by atoms with van der Waals surface area (Å²) in [6.45, 7) is 9.36. The number of carbonyl (C=O) groups excluding carboxylic acids is 4. The summed E-state index contributed by atoms with van der Waals surface area (Å²) in [5, 5.41) is 10.6. The van der Waals surface area contributed by atoms with Crippen molar-refractivity contribution < 1.29 is 80.2 Å². The number of esters is 4. The zero-order chi connectivity index (χ0) is 65.7. The van der Waals surface area contributed by atoms with E-state index in [1.54, 1.807) is 0 Å². The first kappa shape index (κ1) is 86.5. The van der Waals surface area contributed by atoms with Gasteiger partial charge in [0.05, 0.1) is 26.4 Å². The van der Waals surface area contributed by atoms with E-state index in [-0.39, 0.29) is 25.7 Å². The molecule has 0 spiro atoms. The van der Waals surface area contributed by atoms with Crippen LogP contribution in [0.5, 0.6) is 0 Å². The minimum absolute atomic E-state index is 0.0994. The van der Waals surface area contributed by atoms with E-state index in [0.29, 0.717) is 31.6 Å². The third kappa shape index (κ3) is 64.1. The fraction of sp³-hybridized carbons (Fsp3) is 0.886. The van der Waals surface area contributed by atoms with Gasteiger partial charge in [-0.05, 0) is 63.2 Å². The number of carbonyl (C=O) groups is 4. The van der Waals surface area contributed by atoms with E-state index in [0.717, 1.165) is 128 Å². The monoisotopic (exact) mass is 1310 g/mol. The molecule has 0 aliphatic heterocycles. The van der Waals surface area contributed by atoms with Gasteiger partial charge in [-0.3, -0.25) is 37.3 Å². The Morgan fingerprint density at radius 3 is 0.921 bits per heavy atom. The number of hydrogen-bond donors (Lipinski definition) is 3. The van der Waals surface area contributed by atoms with Crippen LogP contribution in [0.15, 0.2) is 24.3 Å². The second-order valence-electron chi connectivity index (χ2n) is 25.5. The Morgan fingerprint density at radius 1 is 0.348 bits per heavy atom. The minimum Gasteiger partial charge on any atom is -0.462 e. The van der Waals surface area contributed by atoms with E-state index in [1.165, 1.54) is 116 Å². The van der Waals surface area contributed by atoms with Crippen LogP contribution in [-0.4, -0.2) is 96.7 Å². The molecule has 524 valence electrons. The zero-order valence-corrected chi connectivity index (χ0v) is 59.0. The molecule has 0 aromatic carbocycles. The SMILES string of the molecule is CCCCCC/C=C\C=C/CCCCCCCC(=O)OC[C@H](COP(=O)(O)OC[C@@H](O)COP(=O)(O)OC[C@@H](COC(=O)CCCCCCCCC)OC(=O)CCCCCCCCC(C)C)OC(=O)CCCCCCCCCCCCCCCCCC(C)C. The smallest absolute Gasteiger partial charge is 0.462 e. The maximum atomic E-state index is 13.0. The predicted molar refractivity (Wildman–Crippen MR) is 358 cm³/mol. The lowest BCUT2D eigenvalue weighted by Crippen LogP contribution is -2.30. The van der Waals surface area contributed by atoms with Gasteiger partial charge in [-0.25, -0.2) is 9.13 Å². The second kappa shape index (κ2) is 61.7. The van der Waals surface area contributed by atoms with Crippen molar-refractivity contribution in [1.29, 1.82) is 0 Å². The van der Waals surface area contributed by atoms with Crippen molar-refractivity contribution in [3.63, 3.8) is 0 Å². The van der Waals surface area contributed by atoms with Crippen LogP contribution in [0.2, 0.25) is 0 Å². The van der Waals surface area contributed by atoms with Crippen molar-refractivity contribution in [2.24, 2.45) is 11.8 Å². The molecule has 0 aliphatic rings. The van der Waals surface area contributed by atoms with E-state index >= 15 is 0 Å². The lowest BCUT2D eigenvalue weighted by molar-refractivity contribution is -0.161. The summed E-state index contributed by atoms with van der Waals surface area (Å²) in [5.41, 5.74) is 0. The Labute approximate surface area is 542 Å². The normalized spacial score (nSPS) is 14.3. The maximum Gasteiger partial charge on any atom is 0.472 e. The van der Waals surface area contributed by atoms with E-state index in [2.05, 4.69) is 65.8 Å². The van der Waals surface area contributed by atoms with Crippen molar-refractivity contribution in [1.82, 2.24) is 0 Å². The number of aliphatic hydroxyl groups is 1. The van der Waals surface area contributed by atoms with E-state index in [9.17, 15) is 43.2 Å². The average Bonchev–Trinajstić information content (AvgIpc) is 3.61. The summed E-state index contributed by atoms with van der Waals surface area (Å²) in [6.07, 6.45) is 49.8. The number of allylic oxidation sites excluding steroid dienone is 4. The number of unbranched alkanes of at least 4 members (excludes halogenated alkanes) is 34. The van der Waals surface area contributed by atoms with Crippen LogP contribution in [-0.2, 0) is 65.4 Å². The molecule has 0 amide bonds. The van der Waals surface area contributed by atoms with Crippen molar-refractivity contribution in [3.05, 3.63) is 24.3 Å². The van der Waals surface area contributed by atoms with Gasteiger partial charge in [-0.15, -0.1) is 0 Å². The third-order valence-corrected chi connectivity index (χ3v) is 17.5. The second-order valence-corrected chi connectivity index (χ2v) is 28.4. The van der Waals surface area contributed by atoms with E-state index in [1.807, 2.05) is 0 Å². The molecule has 0 radical (unpaired) electrons. The molecule has 5 atom stereocenters. The van der Waals surface area contributed by atoms with Gasteiger partial charge >= 0.3 is 39.5 Å². The van der Waals surface area contributed by atoms with E-state index in [4.69, 9.17) is 37.0 Å². The first-order valence-corrected chi connectivity index (χ1v) is 38.8. The molecular weight excluding hydrogens is 1170 g/mol. The van der Waals surface area contributed by atoms with Crippen molar-refractivity contribution in [2.45, 2.75) is 349 Å². The highest BCUT2D eigenvalue weighted by molar-refractivity contribution is 7.47. The molecule has 0 aliphatic carbocycles. The van der Waals surface area contributed by atoms with Crippen LogP contribution in [0, 0.1) is 11.8 Å². The first-order chi connectivity index (χ1) is 42.9. The van der Waals surface area contributed by atoms with E-state index < -0.39 is 97.5 Å². The highest BCUT2D eigenvalue weighted by Gasteiger charge is 2.30. The lowest BCUT2D eigenvalue weighted by Gasteiger charge is -2.21. The molecule has 0 fully saturated rings. The predicted octanol–water partition coefficient (Wildman–Crippen LogP) is 19.5. The Bertz CT molecular complexity index is 1830. The number of hydrogen-bond acceptors (Lipinski definition) is 15. The Morgan fingerprint density at radius 2 is 0.607 bits per heavy atom. The highest BCUT2D eigenvalue weighted by Crippen LogP contribution is 2.45. The Kier molecular flexibility index (Phi) is 60.0. The van der Waals surface area contributed by atoms with Crippen LogP contribution >= 0.6 is 15.6 Å². The summed E-state index contributed by atoms with van der Waals surface area (Å²) < 4.78 is 68.1. The number of phosphoric acid groups is 2.